The number of hydrogen-bond donors (Lipinski definition) is 1. The Hall–Kier alpha value is -1.95. The number of rotatable bonds is 3. The Bertz CT molecular complexity index is 478. The van der Waals surface area contributed by atoms with E-state index in [1.165, 1.54) is 24.1 Å². The first-order chi connectivity index (χ1) is 8.63. The molecule has 0 bridgehead atoms. The van der Waals surface area contributed by atoms with E-state index in [1.54, 1.807) is 12.1 Å². The zero-order valence-corrected chi connectivity index (χ0v) is 9.85. The Labute approximate surface area is 103 Å². The zero-order valence-electron chi connectivity index (χ0n) is 9.85. The molecule has 1 aliphatic heterocycles. The standard InChI is InChI=1S/C12H13FN2O3/c1-18-14-12(17)8-6-11(16)15(7-8)10-5-3-2-4-9(10)13/h2-5,8H,6-7H2,1H3,(H,14,17). The van der Waals surface area contributed by atoms with E-state index in [9.17, 15) is 14.0 Å². The molecule has 1 aromatic carbocycles. The SMILES string of the molecule is CONC(=O)C1CC(=O)N(c2ccccc2F)C1. The third-order valence-electron chi connectivity index (χ3n) is 2.84. The number of benzene rings is 1. The summed E-state index contributed by atoms with van der Waals surface area (Å²) in [5.74, 6) is -1.63. The fourth-order valence-electron chi connectivity index (χ4n) is 1.97. The van der Waals surface area contributed by atoms with Gasteiger partial charge in [0, 0.05) is 13.0 Å². The molecule has 1 aliphatic rings. The van der Waals surface area contributed by atoms with Gasteiger partial charge in [-0.2, -0.15) is 0 Å². The fraction of sp³-hybridized carbons (Fsp3) is 0.333. The van der Waals surface area contributed by atoms with Crippen LogP contribution in [0, 0.1) is 11.7 Å². The van der Waals surface area contributed by atoms with Crippen LogP contribution in [0.5, 0.6) is 0 Å². The van der Waals surface area contributed by atoms with Crippen LogP contribution in [0.3, 0.4) is 0 Å². The third-order valence-corrected chi connectivity index (χ3v) is 2.84. The molecule has 2 rings (SSSR count). The smallest absolute Gasteiger partial charge is 0.248 e. The number of para-hydroxylation sites is 1. The molecule has 1 aromatic rings. The van der Waals surface area contributed by atoms with Gasteiger partial charge in [0.05, 0.1) is 18.7 Å². The summed E-state index contributed by atoms with van der Waals surface area (Å²) >= 11 is 0. The number of halogens is 1. The van der Waals surface area contributed by atoms with Gasteiger partial charge in [0.2, 0.25) is 11.8 Å². The minimum atomic E-state index is -0.517. The molecule has 0 radical (unpaired) electrons. The number of anilines is 1. The molecule has 1 heterocycles. The maximum Gasteiger partial charge on any atom is 0.248 e. The molecule has 1 N–H and O–H groups in total. The topological polar surface area (TPSA) is 58.6 Å². The predicted molar refractivity (Wildman–Crippen MR) is 62.0 cm³/mol. The van der Waals surface area contributed by atoms with Crippen molar-refractivity contribution in [2.24, 2.45) is 5.92 Å². The van der Waals surface area contributed by atoms with Crippen molar-refractivity contribution in [3.05, 3.63) is 30.1 Å². The van der Waals surface area contributed by atoms with Crippen LogP contribution in [0.25, 0.3) is 0 Å². The summed E-state index contributed by atoms with van der Waals surface area (Å²) in [5, 5.41) is 0. The quantitative estimate of drug-likeness (QED) is 0.811. The van der Waals surface area contributed by atoms with Crippen molar-refractivity contribution in [3.8, 4) is 0 Å². The summed E-state index contributed by atoms with van der Waals surface area (Å²) in [7, 11) is 1.32. The maximum absolute atomic E-state index is 13.6. The summed E-state index contributed by atoms with van der Waals surface area (Å²) < 4.78 is 13.6. The molecule has 5 nitrogen and oxygen atoms in total. The van der Waals surface area contributed by atoms with Crippen LogP contribution in [-0.4, -0.2) is 25.5 Å². The van der Waals surface area contributed by atoms with Crippen LogP contribution in [-0.2, 0) is 14.4 Å². The second kappa shape index (κ2) is 5.14. The van der Waals surface area contributed by atoms with Crippen molar-refractivity contribution in [2.45, 2.75) is 6.42 Å². The molecule has 1 unspecified atom stereocenters. The van der Waals surface area contributed by atoms with Crippen molar-refractivity contribution in [1.29, 1.82) is 0 Å². The van der Waals surface area contributed by atoms with Crippen LogP contribution >= 0.6 is 0 Å². The highest BCUT2D eigenvalue weighted by Gasteiger charge is 2.36. The van der Waals surface area contributed by atoms with E-state index >= 15 is 0 Å². The van der Waals surface area contributed by atoms with E-state index in [4.69, 9.17) is 0 Å². The van der Waals surface area contributed by atoms with Gasteiger partial charge in [-0.3, -0.25) is 14.4 Å². The number of nitrogens with zero attached hydrogens (tertiary/aromatic N) is 1. The molecule has 1 atom stereocenters. The number of carbonyl (C=O) groups is 2. The largest absolute Gasteiger partial charge is 0.309 e. The first-order valence-corrected chi connectivity index (χ1v) is 5.51. The van der Waals surface area contributed by atoms with Crippen molar-refractivity contribution in [1.82, 2.24) is 5.48 Å². The molecule has 0 aliphatic carbocycles. The van der Waals surface area contributed by atoms with Gasteiger partial charge in [0.1, 0.15) is 5.82 Å². The minimum Gasteiger partial charge on any atom is -0.309 e. The van der Waals surface area contributed by atoms with Gasteiger partial charge in [-0.1, -0.05) is 12.1 Å². The minimum absolute atomic E-state index is 0.0591. The highest BCUT2D eigenvalue weighted by Crippen LogP contribution is 2.27. The molecular weight excluding hydrogens is 239 g/mol. The number of hydroxylamine groups is 1. The Morgan fingerprint density at radius 1 is 1.50 bits per heavy atom. The van der Waals surface area contributed by atoms with Crippen molar-refractivity contribution in [2.75, 3.05) is 18.6 Å². The Kier molecular flexibility index (Phi) is 3.57. The van der Waals surface area contributed by atoms with Gasteiger partial charge in [-0.05, 0) is 12.1 Å². The first kappa shape index (κ1) is 12.5. The average Bonchev–Trinajstić information content (AvgIpc) is 2.72. The van der Waals surface area contributed by atoms with Crippen molar-refractivity contribution < 1.29 is 18.8 Å². The van der Waals surface area contributed by atoms with Gasteiger partial charge in [0.15, 0.2) is 0 Å². The summed E-state index contributed by atoms with van der Waals surface area (Å²) in [4.78, 5) is 29.1. The lowest BCUT2D eigenvalue weighted by Crippen LogP contribution is -2.32. The molecule has 1 fully saturated rings. The van der Waals surface area contributed by atoms with E-state index in [0.29, 0.717) is 0 Å². The normalized spacial score (nSPS) is 19.1. The predicted octanol–water partition coefficient (Wildman–Crippen LogP) is 0.856. The second-order valence-corrected chi connectivity index (χ2v) is 4.03. The molecule has 96 valence electrons. The fourth-order valence-corrected chi connectivity index (χ4v) is 1.97. The van der Waals surface area contributed by atoms with Crippen molar-refractivity contribution in [3.63, 3.8) is 0 Å². The summed E-state index contributed by atoms with van der Waals surface area (Å²) in [6.07, 6.45) is 0.0591. The van der Waals surface area contributed by atoms with E-state index in [2.05, 4.69) is 10.3 Å². The van der Waals surface area contributed by atoms with Crippen LogP contribution in [0.15, 0.2) is 24.3 Å². The van der Waals surface area contributed by atoms with E-state index in [0.717, 1.165) is 0 Å². The molecule has 18 heavy (non-hydrogen) atoms. The Morgan fingerprint density at radius 3 is 2.89 bits per heavy atom. The van der Waals surface area contributed by atoms with Gasteiger partial charge >= 0.3 is 0 Å². The van der Waals surface area contributed by atoms with Crippen LogP contribution in [0.4, 0.5) is 10.1 Å². The summed E-state index contributed by atoms with van der Waals surface area (Å²) in [6.45, 7) is 0.162. The molecule has 0 saturated carbocycles. The number of hydrogen-bond acceptors (Lipinski definition) is 3. The lowest BCUT2D eigenvalue weighted by atomic mass is 10.1. The van der Waals surface area contributed by atoms with Crippen LogP contribution in [0.2, 0.25) is 0 Å². The number of carbonyl (C=O) groups excluding carboxylic acids is 2. The summed E-state index contributed by atoms with van der Waals surface area (Å²) in [6, 6.07) is 6.00. The second-order valence-electron chi connectivity index (χ2n) is 4.03. The molecule has 2 amide bonds. The molecule has 6 heteroatoms. The lowest BCUT2D eigenvalue weighted by Gasteiger charge is -2.17. The highest BCUT2D eigenvalue weighted by molar-refractivity contribution is 6.00. The molecule has 0 spiro atoms. The van der Waals surface area contributed by atoms with Gasteiger partial charge < -0.3 is 4.90 Å². The summed E-state index contributed by atoms with van der Waals surface area (Å²) in [5.41, 5.74) is 2.39. The average molecular weight is 252 g/mol. The number of amides is 2. The van der Waals surface area contributed by atoms with Crippen molar-refractivity contribution >= 4 is 17.5 Å². The molecular formula is C12H13FN2O3. The monoisotopic (exact) mass is 252 g/mol. The van der Waals surface area contributed by atoms with E-state index in [1.807, 2.05) is 0 Å². The first-order valence-electron chi connectivity index (χ1n) is 5.51. The molecule has 0 aromatic heterocycles. The zero-order chi connectivity index (χ0) is 13.1. The highest BCUT2D eigenvalue weighted by atomic mass is 19.1. The van der Waals surface area contributed by atoms with Gasteiger partial charge in [0.25, 0.3) is 0 Å². The maximum atomic E-state index is 13.6. The Morgan fingerprint density at radius 2 is 2.22 bits per heavy atom. The van der Waals surface area contributed by atoms with Gasteiger partial charge in [-0.15, -0.1) is 0 Å². The third kappa shape index (κ3) is 2.33. The number of nitrogens with one attached hydrogen (secondary N) is 1. The van der Waals surface area contributed by atoms with Crippen LogP contribution < -0.4 is 10.4 Å². The van der Waals surface area contributed by atoms with E-state index in [-0.39, 0.29) is 30.5 Å². The molecule has 1 saturated heterocycles. The van der Waals surface area contributed by atoms with Gasteiger partial charge in [-0.25, -0.2) is 9.87 Å². The Balaban J connectivity index is 2.15. The lowest BCUT2D eigenvalue weighted by molar-refractivity contribution is -0.135. The van der Waals surface area contributed by atoms with E-state index < -0.39 is 11.7 Å². The van der Waals surface area contributed by atoms with Crippen LogP contribution in [0.1, 0.15) is 6.42 Å².